The second-order valence-corrected chi connectivity index (χ2v) is 4.48. The van der Waals surface area contributed by atoms with Crippen molar-refractivity contribution < 1.29 is 9.90 Å². The molecule has 19 heavy (non-hydrogen) atoms. The Morgan fingerprint density at radius 2 is 1.95 bits per heavy atom. The summed E-state index contributed by atoms with van der Waals surface area (Å²) >= 11 is 6.04. The fourth-order valence-corrected chi connectivity index (χ4v) is 2.06. The Morgan fingerprint density at radius 3 is 2.58 bits per heavy atom. The van der Waals surface area contributed by atoms with Crippen LogP contribution in [0.1, 0.15) is 15.9 Å². The smallest absolute Gasteiger partial charge is 0.337 e. The fourth-order valence-electron chi connectivity index (χ4n) is 1.76. The van der Waals surface area contributed by atoms with E-state index >= 15 is 0 Å². The van der Waals surface area contributed by atoms with Crippen molar-refractivity contribution in [1.29, 1.82) is 0 Å². The highest BCUT2D eigenvalue weighted by molar-refractivity contribution is 6.34. The predicted molar refractivity (Wildman–Crippen MR) is 76.6 cm³/mol. The van der Waals surface area contributed by atoms with Gasteiger partial charge in [-0.3, -0.25) is 0 Å². The number of hydrogen-bond donors (Lipinski definition) is 3. The van der Waals surface area contributed by atoms with Gasteiger partial charge in [0.25, 0.3) is 0 Å². The van der Waals surface area contributed by atoms with Gasteiger partial charge in [0.15, 0.2) is 0 Å². The first-order valence-electron chi connectivity index (χ1n) is 5.68. The Morgan fingerprint density at radius 1 is 1.26 bits per heavy atom. The van der Waals surface area contributed by atoms with Crippen LogP contribution in [-0.4, -0.2) is 11.1 Å². The molecule has 0 amide bonds. The standard InChI is InChI=1S/C14H13ClN2O2/c15-12-7-10(16)6-11(14(18)19)13(12)17-8-9-4-2-1-3-5-9/h1-7,17H,8,16H2,(H,18,19). The van der Waals surface area contributed by atoms with Crippen LogP contribution in [0.25, 0.3) is 0 Å². The van der Waals surface area contributed by atoms with E-state index in [-0.39, 0.29) is 5.56 Å². The number of nitrogen functional groups attached to an aromatic ring is 1. The highest BCUT2D eigenvalue weighted by Gasteiger charge is 2.14. The molecular weight excluding hydrogens is 264 g/mol. The van der Waals surface area contributed by atoms with Gasteiger partial charge in [-0.25, -0.2) is 4.79 Å². The summed E-state index contributed by atoms with van der Waals surface area (Å²) < 4.78 is 0. The maximum Gasteiger partial charge on any atom is 0.337 e. The summed E-state index contributed by atoms with van der Waals surface area (Å²) in [7, 11) is 0. The van der Waals surface area contributed by atoms with E-state index in [0.717, 1.165) is 5.56 Å². The van der Waals surface area contributed by atoms with Crippen molar-refractivity contribution >= 4 is 28.9 Å². The third-order valence-corrected chi connectivity index (χ3v) is 2.95. The molecule has 0 radical (unpaired) electrons. The van der Waals surface area contributed by atoms with E-state index in [9.17, 15) is 4.79 Å². The quantitative estimate of drug-likeness (QED) is 0.750. The van der Waals surface area contributed by atoms with Crippen molar-refractivity contribution in [1.82, 2.24) is 0 Å². The zero-order valence-corrected chi connectivity index (χ0v) is 10.8. The zero-order valence-electron chi connectivity index (χ0n) is 10.1. The van der Waals surface area contributed by atoms with Gasteiger partial charge in [-0.05, 0) is 17.7 Å². The van der Waals surface area contributed by atoms with Crippen molar-refractivity contribution in [3.8, 4) is 0 Å². The highest BCUT2D eigenvalue weighted by Crippen LogP contribution is 2.29. The van der Waals surface area contributed by atoms with E-state index in [1.807, 2.05) is 30.3 Å². The maximum atomic E-state index is 11.2. The van der Waals surface area contributed by atoms with Crippen molar-refractivity contribution in [2.75, 3.05) is 11.1 Å². The van der Waals surface area contributed by atoms with Crippen molar-refractivity contribution in [3.63, 3.8) is 0 Å². The molecule has 0 saturated carbocycles. The summed E-state index contributed by atoms with van der Waals surface area (Å²) in [5.41, 5.74) is 7.41. The van der Waals surface area contributed by atoms with E-state index in [0.29, 0.717) is 22.9 Å². The molecule has 5 heteroatoms. The number of carboxylic acids is 1. The average Bonchev–Trinajstić information content (AvgIpc) is 2.38. The average molecular weight is 277 g/mol. The number of aromatic carboxylic acids is 1. The zero-order chi connectivity index (χ0) is 13.8. The number of rotatable bonds is 4. The number of benzene rings is 2. The molecule has 4 N–H and O–H groups in total. The van der Waals surface area contributed by atoms with Crippen LogP contribution in [0.4, 0.5) is 11.4 Å². The molecule has 0 spiro atoms. The molecule has 4 nitrogen and oxygen atoms in total. The summed E-state index contributed by atoms with van der Waals surface area (Å²) in [6.45, 7) is 0.491. The maximum absolute atomic E-state index is 11.2. The summed E-state index contributed by atoms with van der Waals surface area (Å²) in [6.07, 6.45) is 0. The minimum Gasteiger partial charge on any atom is -0.478 e. The molecule has 0 heterocycles. The molecular formula is C14H13ClN2O2. The Hall–Kier alpha value is -2.20. The van der Waals surface area contributed by atoms with Crippen LogP contribution < -0.4 is 11.1 Å². The van der Waals surface area contributed by atoms with Gasteiger partial charge in [0, 0.05) is 12.2 Å². The van der Waals surface area contributed by atoms with Gasteiger partial charge in [0.05, 0.1) is 16.3 Å². The normalized spacial score (nSPS) is 10.2. The lowest BCUT2D eigenvalue weighted by Crippen LogP contribution is -2.08. The molecule has 2 aromatic rings. The summed E-state index contributed by atoms with van der Waals surface area (Å²) in [5.74, 6) is -1.07. The van der Waals surface area contributed by atoms with Gasteiger partial charge in [0.1, 0.15) is 0 Å². The Bertz CT molecular complexity index is 600. The van der Waals surface area contributed by atoms with Gasteiger partial charge in [-0.15, -0.1) is 0 Å². The Kier molecular flexibility index (Phi) is 3.92. The van der Waals surface area contributed by atoms with Crippen LogP contribution in [0.3, 0.4) is 0 Å². The topological polar surface area (TPSA) is 75.3 Å². The SMILES string of the molecule is Nc1cc(Cl)c(NCc2ccccc2)c(C(=O)O)c1. The minimum atomic E-state index is -1.07. The molecule has 0 aliphatic carbocycles. The summed E-state index contributed by atoms with van der Waals surface area (Å²) in [5, 5.41) is 12.5. The molecule has 0 aliphatic rings. The van der Waals surface area contributed by atoms with Gasteiger partial charge in [-0.2, -0.15) is 0 Å². The molecule has 2 rings (SSSR count). The largest absolute Gasteiger partial charge is 0.478 e. The van der Waals surface area contributed by atoms with E-state index < -0.39 is 5.97 Å². The number of halogens is 1. The van der Waals surface area contributed by atoms with E-state index in [2.05, 4.69) is 5.32 Å². The molecule has 2 aromatic carbocycles. The van der Waals surface area contributed by atoms with Gasteiger partial charge >= 0.3 is 5.97 Å². The first-order valence-corrected chi connectivity index (χ1v) is 6.06. The number of nitrogens with one attached hydrogen (secondary N) is 1. The van der Waals surface area contributed by atoms with Crippen LogP contribution in [0.15, 0.2) is 42.5 Å². The number of hydrogen-bond acceptors (Lipinski definition) is 3. The molecule has 0 saturated heterocycles. The molecule has 0 aliphatic heterocycles. The Labute approximate surface area is 115 Å². The number of carboxylic acid groups (broad SMARTS) is 1. The van der Waals surface area contributed by atoms with Gasteiger partial charge < -0.3 is 16.2 Å². The second kappa shape index (κ2) is 5.63. The Balaban J connectivity index is 2.27. The van der Waals surface area contributed by atoms with Crippen molar-refractivity contribution in [3.05, 3.63) is 58.6 Å². The number of anilines is 2. The highest BCUT2D eigenvalue weighted by atomic mass is 35.5. The monoisotopic (exact) mass is 276 g/mol. The van der Waals surface area contributed by atoms with Crippen LogP contribution in [0.5, 0.6) is 0 Å². The van der Waals surface area contributed by atoms with E-state index in [4.69, 9.17) is 22.4 Å². The first-order chi connectivity index (χ1) is 9.08. The number of nitrogens with two attached hydrogens (primary N) is 1. The minimum absolute atomic E-state index is 0.0703. The molecule has 98 valence electrons. The van der Waals surface area contributed by atoms with E-state index in [1.54, 1.807) is 0 Å². The van der Waals surface area contributed by atoms with Crippen molar-refractivity contribution in [2.45, 2.75) is 6.54 Å². The second-order valence-electron chi connectivity index (χ2n) is 4.07. The molecule has 0 bridgehead atoms. The van der Waals surface area contributed by atoms with Crippen molar-refractivity contribution in [2.24, 2.45) is 0 Å². The lowest BCUT2D eigenvalue weighted by Gasteiger charge is -2.12. The van der Waals surface area contributed by atoms with Crippen LogP contribution >= 0.6 is 11.6 Å². The number of carbonyl (C=O) groups is 1. The van der Waals surface area contributed by atoms with Crippen LogP contribution in [-0.2, 0) is 6.54 Å². The third-order valence-electron chi connectivity index (χ3n) is 2.66. The third kappa shape index (κ3) is 3.17. The van der Waals surface area contributed by atoms with Gasteiger partial charge in [0.2, 0.25) is 0 Å². The van der Waals surface area contributed by atoms with Gasteiger partial charge in [-0.1, -0.05) is 41.9 Å². The first kappa shape index (κ1) is 13.2. The van der Waals surface area contributed by atoms with Crippen LogP contribution in [0, 0.1) is 0 Å². The lowest BCUT2D eigenvalue weighted by molar-refractivity contribution is 0.0698. The summed E-state index contributed by atoms with van der Waals surface area (Å²) in [4.78, 5) is 11.2. The summed E-state index contributed by atoms with van der Waals surface area (Å²) in [6, 6.07) is 12.6. The van der Waals surface area contributed by atoms with E-state index in [1.165, 1.54) is 12.1 Å². The van der Waals surface area contributed by atoms with Crippen LogP contribution in [0.2, 0.25) is 5.02 Å². The predicted octanol–water partition coefficient (Wildman–Crippen LogP) is 3.23. The molecule has 0 atom stereocenters. The molecule has 0 fully saturated rings. The lowest BCUT2D eigenvalue weighted by atomic mass is 10.1. The molecule has 0 unspecified atom stereocenters. The molecule has 0 aromatic heterocycles. The fraction of sp³-hybridized carbons (Fsp3) is 0.0714.